The average molecular weight is 343 g/mol. The highest BCUT2D eigenvalue weighted by molar-refractivity contribution is 9.10. The molecule has 1 atom stereocenters. The second-order valence-corrected chi connectivity index (χ2v) is 6.44. The number of benzene rings is 1. The summed E-state index contributed by atoms with van der Waals surface area (Å²) < 4.78 is 11.6. The number of hydrogen-bond donors (Lipinski definition) is 1. The maximum atomic E-state index is 11.1. The van der Waals surface area contributed by atoms with Crippen molar-refractivity contribution in [2.24, 2.45) is 5.92 Å². The zero-order valence-electron chi connectivity index (χ0n) is 12.4. The molecule has 0 heterocycles. The molecule has 1 aromatic carbocycles. The SMILES string of the molecule is COc1ccc(C(C)(O)C2CCCCC2)c(OC)c1Br. The maximum absolute atomic E-state index is 11.1. The van der Waals surface area contributed by atoms with Gasteiger partial charge in [-0.15, -0.1) is 0 Å². The van der Waals surface area contributed by atoms with Gasteiger partial charge in [0.25, 0.3) is 0 Å². The summed E-state index contributed by atoms with van der Waals surface area (Å²) in [5.41, 5.74) is -0.0415. The van der Waals surface area contributed by atoms with E-state index in [1.54, 1.807) is 14.2 Å². The Kier molecular flexibility index (Phi) is 4.97. The predicted molar refractivity (Wildman–Crippen MR) is 83.4 cm³/mol. The molecule has 0 spiro atoms. The van der Waals surface area contributed by atoms with Crippen LogP contribution in [0.15, 0.2) is 16.6 Å². The van der Waals surface area contributed by atoms with E-state index < -0.39 is 5.60 Å². The highest BCUT2D eigenvalue weighted by atomic mass is 79.9. The van der Waals surface area contributed by atoms with Gasteiger partial charge in [-0.05, 0) is 53.7 Å². The fraction of sp³-hybridized carbons (Fsp3) is 0.625. The molecule has 0 bridgehead atoms. The molecular formula is C16H23BrO3. The Bertz CT molecular complexity index is 465. The minimum absolute atomic E-state index is 0.283. The van der Waals surface area contributed by atoms with E-state index in [0.717, 1.165) is 22.9 Å². The summed E-state index contributed by atoms with van der Waals surface area (Å²) in [6.45, 7) is 1.90. The summed E-state index contributed by atoms with van der Waals surface area (Å²) in [5, 5.41) is 11.1. The first-order valence-electron chi connectivity index (χ1n) is 7.15. The Morgan fingerprint density at radius 2 is 1.80 bits per heavy atom. The van der Waals surface area contributed by atoms with Crippen molar-refractivity contribution in [2.45, 2.75) is 44.6 Å². The summed E-state index contributed by atoms with van der Waals surface area (Å²) in [4.78, 5) is 0. The third kappa shape index (κ3) is 2.82. The lowest BCUT2D eigenvalue weighted by Gasteiger charge is -2.37. The molecular weight excluding hydrogens is 320 g/mol. The molecule has 1 unspecified atom stereocenters. The number of hydrogen-bond acceptors (Lipinski definition) is 3. The van der Waals surface area contributed by atoms with Crippen molar-refractivity contribution in [1.29, 1.82) is 0 Å². The largest absolute Gasteiger partial charge is 0.495 e. The van der Waals surface area contributed by atoms with Gasteiger partial charge in [0.05, 0.1) is 19.8 Å². The monoisotopic (exact) mass is 342 g/mol. The van der Waals surface area contributed by atoms with E-state index in [2.05, 4.69) is 15.9 Å². The molecule has 1 aliphatic rings. The van der Waals surface area contributed by atoms with Crippen LogP contribution in [0.1, 0.15) is 44.6 Å². The van der Waals surface area contributed by atoms with Gasteiger partial charge in [-0.25, -0.2) is 0 Å². The number of aliphatic hydroxyl groups is 1. The van der Waals surface area contributed by atoms with Crippen molar-refractivity contribution in [3.05, 3.63) is 22.2 Å². The number of ether oxygens (including phenoxy) is 2. The third-order valence-electron chi connectivity index (χ3n) is 4.43. The lowest BCUT2D eigenvalue weighted by molar-refractivity contribution is -0.0233. The van der Waals surface area contributed by atoms with Crippen LogP contribution in [-0.2, 0) is 5.60 Å². The molecule has 1 saturated carbocycles. The lowest BCUT2D eigenvalue weighted by atomic mass is 9.74. The smallest absolute Gasteiger partial charge is 0.142 e. The second-order valence-electron chi connectivity index (χ2n) is 5.65. The Hall–Kier alpha value is -0.740. The van der Waals surface area contributed by atoms with Gasteiger partial charge in [0.2, 0.25) is 0 Å². The van der Waals surface area contributed by atoms with Crippen LogP contribution >= 0.6 is 15.9 Å². The van der Waals surface area contributed by atoms with Crippen LogP contribution in [-0.4, -0.2) is 19.3 Å². The van der Waals surface area contributed by atoms with E-state index in [1.807, 2.05) is 19.1 Å². The van der Waals surface area contributed by atoms with Crippen LogP contribution in [0.4, 0.5) is 0 Å². The highest BCUT2D eigenvalue weighted by Crippen LogP contribution is 2.46. The van der Waals surface area contributed by atoms with Crippen LogP contribution < -0.4 is 9.47 Å². The van der Waals surface area contributed by atoms with Crippen molar-refractivity contribution in [2.75, 3.05) is 14.2 Å². The fourth-order valence-electron chi connectivity index (χ4n) is 3.18. The zero-order valence-corrected chi connectivity index (χ0v) is 14.0. The molecule has 0 saturated heterocycles. The Balaban J connectivity index is 2.42. The fourth-order valence-corrected chi connectivity index (χ4v) is 3.85. The van der Waals surface area contributed by atoms with Crippen LogP contribution in [0.25, 0.3) is 0 Å². The van der Waals surface area contributed by atoms with Gasteiger partial charge in [0, 0.05) is 5.56 Å². The molecule has 3 nitrogen and oxygen atoms in total. The van der Waals surface area contributed by atoms with Crippen molar-refractivity contribution < 1.29 is 14.6 Å². The first-order valence-corrected chi connectivity index (χ1v) is 7.95. The van der Waals surface area contributed by atoms with Crippen LogP contribution in [0, 0.1) is 5.92 Å². The molecule has 1 aromatic rings. The first-order chi connectivity index (χ1) is 9.52. The normalized spacial score (nSPS) is 19.4. The summed E-state index contributed by atoms with van der Waals surface area (Å²) >= 11 is 3.51. The van der Waals surface area contributed by atoms with Gasteiger partial charge in [-0.1, -0.05) is 19.3 Å². The van der Waals surface area contributed by atoms with E-state index in [0.29, 0.717) is 11.5 Å². The molecule has 0 aliphatic heterocycles. The molecule has 1 aliphatic carbocycles. The van der Waals surface area contributed by atoms with Gasteiger partial charge < -0.3 is 14.6 Å². The van der Waals surface area contributed by atoms with Crippen molar-refractivity contribution in [3.63, 3.8) is 0 Å². The van der Waals surface area contributed by atoms with Crippen molar-refractivity contribution >= 4 is 15.9 Å². The molecule has 1 fully saturated rings. The van der Waals surface area contributed by atoms with Gasteiger partial charge in [-0.2, -0.15) is 0 Å². The minimum Gasteiger partial charge on any atom is -0.495 e. The van der Waals surface area contributed by atoms with E-state index in [1.165, 1.54) is 19.3 Å². The molecule has 1 N–H and O–H groups in total. The molecule has 0 amide bonds. The maximum Gasteiger partial charge on any atom is 0.142 e. The summed E-state index contributed by atoms with van der Waals surface area (Å²) in [5.74, 6) is 1.66. The zero-order chi connectivity index (χ0) is 14.8. The number of halogens is 1. The molecule has 112 valence electrons. The van der Waals surface area contributed by atoms with Crippen LogP contribution in [0.3, 0.4) is 0 Å². The van der Waals surface area contributed by atoms with Gasteiger partial charge in [0.15, 0.2) is 0 Å². The Morgan fingerprint density at radius 1 is 1.15 bits per heavy atom. The molecule has 4 heteroatoms. The van der Waals surface area contributed by atoms with Crippen LogP contribution in [0.5, 0.6) is 11.5 Å². The first kappa shape index (κ1) is 15.6. The third-order valence-corrected chi connectivity index (χ3v) is 5.18. The lowest BCUT2D eigenvalue weighted by Crippen LogP contribution is -2.33. The quantitative estimate of drug-likeness (QED) is 0.888. The topological polar surface area (TPSA) is 38.7 Å². The van der Waals surface area contributed by atoms with Crippen LogP contribution in [0.2, 0.25) is 0 Å². The predicted octanol–water partition coefficient (Wildman–Crippen LogP) is 4.25. The summed E-state index contributed by atoms with van der Waals surface area (Å²) in [7, 11) is 3.25. The highest BCUT2D eigenvalue weighted by Gasteiger charge is 2.37. The van der Waals surface area contributed by atoms with Gasteiger partial charge in [0.1, 0.15) is 16.0 Å². The van der Waals surface area contributed by atoms with Crippen molar-refractivity contribution in [1.82, 2.24) is 0 Å². The van der Waals surface area contributed by atoms with E-state index in [9.17, 15) is 5.11 Å². The van der Waals surface area contributed by atoms with E-state index in [-0.39, 0.29) is 5.92 Å². The van der Waals surface area contributed by atoms with Crippen molar-refractivity contribution in [3.8, 4) is 11.5 Å². The van der Waals surface area contributed by atoms with E-state index in [4.69, 9.17) is 9.47 Å². The summed E-state index contributed by atoms with van der Waals surface area (Å²) in [6, 6.07) is 3.79. The molecule has 0 radical (unpaired) electrons. The minimum atomic E-state index is -0.874. The Morgan fingerprint density at radius 3 is 2.35 bits per heavy atom. The number of rotatable bonds is 4. The molecule has 2 rings (SSSR count). The average Bonchev–Trinajstić information content (AvgIpc) is 2.47. The standard InChI is InChI=1S/C16H23BrO3/c1-16(18,11-7-5-4-6-8-11)12-9-10-13(19-2)14(17)15(12)20-3/h9-11,18H,4-8H2,1-3H3. The van der Waals surface area contributed by atoms with Gasteiger partial charge >= 0.3 is 0 Å². The number of methoxy groups -OCH3 is 2. The molecule has 0 aromatic heterocycles. The molecule has 20 heavy (non-hydrogen) atoms. The van der Waals surface area contributed by atoms with E-state index >= 15 is 0 Å². The van der Waals surface area contributed by atoms with Gasteiger partial charge in [-0.3, -0.25) is 0 Å². The summed E-state index contributed by atoms with van der Waals surface area (Å²) in [6.07, 6.45) is 5.80. The second kappa shape index (κ2) is 6.35. The Labute approximate surface area is 129 Å².